The Labute approximate surface area is 335 Å². The number of thiazole rings is 1. The summed E-state index contributed by atoms with van der Waals surface area (Å²) in [5.41, 5.74) is 5.19. The van der Waals surface area contributed by atoms with Gasteiger partial charge in [0, 0.05) is 73.0 Å². The van der Waals surface area contributed by atoms with Gasteiger partial charge in [-0.15, -0.1) is 11.3 Å². The van der Waals surface area contributed by atoms with E-state index in [1.54, 1.807) is 23.8 Å². The summed E-state index contributed by atoms with van der Waals surface area (Å²) in [6.07, 6.45) is 7.31. The number of nitrogens with zero attached hydrogens (tertiary/aromatic N) is 7. The van der Waals surface area contributed by atoms with Crippen LogP contribution in [0.2, 0.25) is 0 Å². The maximum absolute atomic E-state index is 13.5. The number of hydrogen-bond donors (Lipinski definition) is 4. The standard InChI is InChI=1S/C41H49N11O4S/c1-24-31(38(55)49-41-46-26(3)28(5)57-41)11-8-12-33(24)42-15-16-43-35(54)23-50-17-19-51(20-18-50)30-13-14-34(44-21-30)47-40-45-22-32-25(2)36(27(4)53)39(56)52(37(32)48-40)29-9-6-7-10-29/h8,11-14,21-22,29,42H,6-7,9-10,15-20,23H2,1-5H3,(H,43,54)(H,46,49,55)(H,44,45,47,48). The van der Waals surface area contributed by atoms with E-state index < -0.39 is 0 Å². The first kappa shape index (κ1) is 39.5. The maximum atomic E-state index is 13.5. The summed E-state index contributed by atoms with van der Waals surface area (Å²) in [6.45, 7) is 13.3. The molecule has 7 rings (SSSR count). The third-order valence-electron chi connectivity index (χ3n) is 10.9. The summed E-state index contributed by atoms with van der Waals surface area (Å²) in [6, 6.07) is 9.43. The predicted octanol–water partition coefficient (Wildman–Crippen LogP) is 5.54. The van der Waals surface area contributed by atoms with Crippen LogP contribution in [-0.4, -0.2) is 92.8 Å². The minimum atomic E-state index is -0.282. The van der Waals surface area contributed by atoms with E-state index in [1.807, 2.05) is 51.2 Å². The lowest BCUT2D eigenvalue weighted by Crippen LogP contribution is -2.49. The van der Waals surface area contributed by atoms with E-state index in [9.17, 15) is 19.2 Å². The quantitative estimate of drug-likeness (QED) is 0.0866. The van der Waals surface area contributed by atoms with Crippen molar-refractivity contribution in [1.82, 2.24) is 34.7 Å². The number of carbonyl (C=O) groups excluding carboxylic acids is 3. The van der Waals surface area contributed by atoms with Gasteiger partial charge in [-0.05, 0) is 82.9 Å². The smallest absolute Gasteiger partial charge is 0.263 e. The average Bonchev–Trinajstić information content (AvgIpc) is 3.83. The van der Waals surface area contributed by atoms with E-state index in [2.05, 4.69) is 46.0 Å². The fraction of sp³-hybridized carbons (Fsp3) is 0.415. The third kappa shape index (κ3) is 8.81. The molecule has 298 valence electrons. The summed E-state index contributed by atoms with van der Waals surface area (Å²) in [4.78, 5) is 75.5. The number of ketones is 1. The molecule has 16 heteroatoms. The van der Waals surface area contributed by atoms with Gasteiger partial charge in [-0.3, -0.25) is 34.0 Å². The van der Waals surface area contributed by atoms with E-state index in [-0.39, 0.29) is 34.8 Å². The number of Topliss-reactive ketones (excluding diaryl/α,β-unsaturated/α-hetero) is 1. The molecule has 0 bridgehead atoms. The lowest BCUT2D eigenvalue weighted by molar-refractivity contribution is -0.122. The first-order valence-electron chi connectivity index (χ1n) is 19.5. The SMILES string of the molecule is CC(=O)c1c(C)c2cnc(Nc3ccc(N4CCN(CC(=O)NCCNc5cccc(C(=O)Nc6nc(C)c(C)s6)c5C)CC4)cn3)nc2n(C2CCCC2)c1=O. The van der Waals surface area contributed by atoms with E-state index in [1.165, 1.54) is 18.3 Å². The zero-order valence-electron chi connectivity index (χ0n) is 33.1. The molecule has 2 amide bonds. The van der Waals surface area contributed by atoms with Crippen LogP contribution in [0.1, 0.15) is 81.1 Å². The minimum absolute atomic E-state index is 0.00203. The molecule has 5 aromatic rings. The number of hydrogen-bond acceptors (Lipinski definition) is 13. The molecule has 4 aromatic heterocycles. The highest BCUT2D eigenvalue weighted by Crippen LogP contribution is 2.32. The molecule has 0 unspecified atom stereocenters. The van der Waals surface area contributed by atoms with Crippen LogP contribution >= 0.6 is 11.3 Å². The lowest BCUT2D eigenvalue weighted by Gasteiger charge is -2.35. The van der Waals surface area contributed by atoms with Crippen LogP contribution in [-0.2, 0) is 4.79 Å². The van der Waals surface area contributed by atoms with Crippen molar-refractivity contribution in [2.75, 3.05) is 66.7 Å². The number of benzene rings is 1. The highest BCUT2D eigenvalue weighted by molar-refractivity contribution is 7.15. The Hall–Kier alpha value is -5.74. The van der Waals surface area contributed by atoms with Crippen molar-refractivity contribution in [3.05, 3.63) is 85.9 Å². The first-order chi connectivity index (χ1) is 27.5. The number of pyridine rings is 2. The second kappa shape index (κ2) is 17.2. The number of nitrogens with one attached hydrogen (secondary N) is 4. The zero-order chi connectivity index (χ0) is 40.2. The molecule has 2 fully saturated rings. The Morgan fingerprint density at radius 3 is 2.35 bits per heavy atom. The molecule has 4 N–H and O–H groups in total. The molecule has 57 heavy (non-hydrogen) atoms. The van der Waals surface area contributed by atoms with Crippen molar-refractivity contribution >= 4 is 68.2 Å². The fourth-order valence-corrected chi connectivity index (χ4v) is 8.47. The molecule has 0 spiro atoms. The van der Waals surface area contributed by atoms with Gasteiger partial charge in [0.25, 0.3) is 11.5 Å². The van der Waals surface area contributed by atoms with Gasteiger partial charge in [0.05, 0.1) is 29.7 Å². The topological polar surface area (TPSA) is 179 Å². The Morgan fingerprint density at radius 1 is 0.895 bits per heavy atom. The van der Waals surface area contributed by atoms with Crippen LogP contribution in [0.15, 0.2) is 47.5 Å². The van der Waals surface area contributed by atoms with Crippen LogP contribution in [0.4, 0.5) is 28.3 Å². The van der Waals surface area contributed by atoms with Crippen LogP contribution in [0.25, 0.3) is 11.0 Å². The highest BCUT2D eigenvalue weighted by Gasteiger charge is 2.26. The molecular formula is C41H49N11O4S. The first-order valence-corrected chi connectivity index (χ1v) is 20.3. The summed E-state index contributed by atoms with van der Waals surface area (Å²) >= 11 is 1.46. The molecule has 5 heterocycles. The molecule has 1 aromatic carbocycles. The average molecular weight is 792 g/mol. The number of aryl methyl sites for hydroxylation is 3. The van der Waals surface area contributed by atoms with Crippen LogP contribution in [0.3, 0.4) is 0 Å². The van der Waals surface area contributed by atoms with Crippen LogP contribution in [0.5, 0.6) is 0 Å². The second-order valence-electron chi connectivity index (χ2n) is 14.8. The zero-order valence-corrected chi connectivity index (χ0v) is 33.9. The van der Waals surface area contributed by atoms with Gasteiger partial charge < -0.3 is 20.9 Å². The van der Waals surface area contributed by atoms with Gasteiger partial charge in [0.1, 0.15) is 11.5 Å². The van der Waals surface area contributed by atoms with Crippen LogP contribution < -0.4 is 31.7 Å². The number of rotatable bonds is 13. The van der Waals surface area contributed by atoms with Crippen molar-refractivity contribution in [2.24, 2.45) is 0 Å². The molecule has 1 saturated carbocycles. The summed E-state index contributed by atoms with van der Waals surface area (Å²) in [7, 11) is 0. The van der Waals surface area contributed by atoms with Crippen molar-refractivity contribution in [3.8, 4) is 0 Å². The Morgan fingerprint density at radius 2 is 1.67 bits per heavy atom. The molecule has 1 aliphatic heterocycles. The van der Waals surface area contributed by atoms with Gasteiger partial charge in [-0.25, -0.2) is 15.0 Å². The molecule has 15 nitrogen and oxygen atoms in total. The Balaban J connectivity index is 0.875. The summed E-state index contributed by atoms with van der Waals surface area (Å²) in [5, 5.41) is 13.7. The van der Waals surface area contributed by atoms with E-state index >= 15 is 0 Å². The molecular weight excluding hydrogens is 743 g/mol. The maximum Gasteiger partial charge on any atom is 0.263 e. The molecule has 2 aliphatic rings. The van der Waals surface area contributed by atoms with Crippen molar-refractivity contribution in [1.29, 1.82) is 0 Å². The van der Waals surface area contributed by atoms with Gasteiger partial charge in [0.2, 0.25) is 11.9 Å². The molecule has 1 aliphatic carbocycles. The molecule has 0 radical (unpaired) electrons. The second-order valence-corrected chi connectivity index (χ2v) is 16.0. The minimum Gasteiger partial charge on any atom is -0.383 e. The number of anilines is 5. The van der Waals surface area contributed by atoms with Gasteiger partial charge in [-0.2, -0.15) is 4.98 Å². The summed E-state index contributed by atoms with van der Waals surface area (Å²) < 4.78 is 1.70. The Kier molecular flexibility index (Phi) is 11.9. The number of fused-ring (bicyclic) bond motifs is 1. The normalized spacial score (nSPS) is 14.9. The monoisotopic (exact) mass is 791 g/mol. The van der Waals surface area contributed by atoms with E-state index in [0.717, 1.165) is 79.4 Å². The lowest BCUT2D eigenvalue weighted by atomic mass is 10.0. The predicted molar refractivity (Wildman–Crippen MR) is 224 cm³/mol. The van der Waals surface area contributed by atoms with E-state index in [4.69, 9.17) is 4.98 Å². The van der Waals surface area contributed by atoms with Crippen molar-refractivity contribution in [2.45, 2.75) is 66.3 Å². The third-order valence-corrected chi connectivity index (χ3v) is 11.9. The van der Waals surface area contributed by atoms with Crippen molar-refractivity contribution in [3.63, 3.8) is 0 Å². The van der Waals surface area contributed by atoms with Crippen LogP contribution in [0, 0.1) is 27.7 Å². The van der Waals surface area contributed by atoms with E-state index in [0.29, 0.717) is 58.7 Å². The number of amides is 2. The van der Waals surface area contributed by atoms with Gasteiger partial charge >= 0.3 is 0 Å². The molecule has 1 saturated heterocycles. The number of carbonyl (C=O) groups is 3. The van der Waals surface area contributed by atoms with Gasteiger partial charge in [-0.1, -0.05) is 18.9 Å². The fourth-order valence-electron chi connectivity index (χ4n) is 7.66. The largest absolute Gasteiger partial charge is 0.383 e. The number of aromatic nitrogens is 5. The summed E-state index contributed by atoms with van der Waals surface area (Å²) in [5.74, 6) is 0.410. The van der Waals surface area contributed by atoms with Gasteiger partial charge in [0.15, 0.2) is 10.9 Å². The molecule has 0 atom stereocenters. The number of piperazine rings is 1. The highest BCUT2D eigenvalue weighted by atomic mass is 32.1. The Bertz CT molecular complexity index is 2340. The van der Waals surface area contributed by atoms with Crippen molar-refractivity contribution < 1.29 is 14.4 Å².